The number of nitrogens with one attached hydrogen (secondary N) is 2. The molecular formula is C29H31F3N6O4. The number of alkyl halides is 3. The summed E-state index contributed by atoms with van der Waals surface area (Å²) in [4.78, 5) is 35.8. The highest BCUT2D eigenvalue weighted by atomic mass is 19.4. The molecule has 222 valence electrons. The third-order valence-electron chi connectivity index (χ3n) is 7.29. The van der Waals surface area contributed by atoms with Gasteiger partial charge in [0, 0.05) is 49.8 Å². The van der Waals surface area contributed by atoms with Crippen LogP contribution in [0.2, 0.25) is 0 Å². The van der Waals surface area contributed by atoms with Gasteiger partial charge in [-0.3, -0.25) is 4.79 Å². The molecule has 13 heteroatoms. The number of hydrogen-bond donors (Lipinski definition) is 2. The number of fused-ring (bicyclic) bond motifs is 1. The van der Waals surface area contributed by atoms with E-state index in [1.165, 1.54) is 7.11 Å². The highest BCUT2D eigenvalue weighted by Crippen LogP contribution is 2.35. The number of aryl methyl sites for hydroxylation is 2. The minimum absolute atomic E-state index is 0.00207. The fourth-order valence-corrected chi connectivity index (χ4v) is 5.17. The second-order valence-corrected chi connectivity index (χ2v) is 9.90. The molecule has 0 unspecified atom stereocenters. The number of benzene rings is 2. The molecule has 0 saturated carbocycles. The molecule has 2 amide bonds. The van der Waals surface area contributed by atoms with E-state index in [-0.39, 0.29) is 42.9 Å². The van der Waals surface area contributed by atoms with Crippen LogP contribution >= 0.6 is 0 Å². The van der Waals surface area contributed by atoms with Crippen LogP contribution in [0.15, 0.2) is 42.6 Å². The lowest BCUT2D eigenvalue weighted by molar-refractivity contribution is -0.138. The molecule has 10 nitrogen and oxygen atoms in total. The van der Waals surface area contributed by atoms with Gasteiger partial charge in [-0.15, -0.1) is 0 Å². The minimum Gasteiger partial charge on any atom is -0.494 e. The molecule has 2 aliphatic heterocycles. The summed E-state index contributed by atoms with van der Waals surface area (Å²) in [6, 6.07) is 10.8. The van der Waals surface area contributed by atoms with Gasteiger partial charge >= 0.3 is 12.3 Å². The number of ether oxygens (including phenoxy) is 2. The van der Waals surface area contributed by atoms with Gasteiger partial charge < -0.3 is 29.9 Å². The Morgan fingerprint density at radius 3 is 2.62 bits per heavy atom. The Morgan fingerprint density at radius 2 is 1.90 bits per heavy atom. The van der Waals surface area contributed by atoms with E-state index in [1.807, 2.05) is 18.2 Å². The molecule has 2 aromatic carbocycles. The van der Waals surface area contributed by atoms with Gasteiger partial charge in [-0.2, -0.15) is 13.2 Å². The first-order chi connectivity index (χ1) is 20.2. The third-order valence-corrected chi connectivity index (χ3v) is 7.29. The molecule has 1 fully saturated rings. The maximum absolute atomic E-state index is 13.8. The van der Waals surface area contributed by atoms with Gasteiger partial charge in [0.2, 0.25) is 11.9 Å². The van der Waals surface area contributed by atoms with Crippen LogP contribution in [0.3, 0.4) is 0 Å². The summed E-state index contributed by atoms with van der Waals surface area (Å²) in [6.45, 7) is 4.33. The van der Waals surface area contributed by atoms with Crippen molar-refractivity contribution in [3.8, 4) is 5.75 Å². The smallest absolute Gasteiger partial charge is 0.419 e. The minimum atomic E-state index is -4.62. The summed E-state index contributed by atoms with van der Waals surface area (Å²) < 4.78 is 52.2. The molecule has 0 atom stereocenters. The first-order valence-electron chi connectivity index (χ1n) is 13.6. The number of amides is 2. The van der Waals surface area contributed by atoms with E-state index in [4.69, 9.17) is 9.47 Å². The zero-order valence-corrected chi connectivity index (χ0v) is 23.3. The fraction of sp³-hybridized carbons (Fsp3) is 0.379. The number of anilines is 4. The number of rotatable bonds is 8. The average molecular weight is 585 g/mol. The van der Waals surface area contributed by atoms with Crippen LogP contribution in [0.25, 0.3) is 0 Å². The predicted octanol–water partition coefficient (Wildman–Crippen LogP) is 4.81. The Hall–Kier alpha value is -4.55. The van der Waals surface area contributed by atoms with Crippen molar-refractivity contribution >= 4 is 35.0 Å². The summed E-state index contributed by atoms with van der Waals surface area (Å²) >= 11 is 0. The van der Waals surface area contributed by atoms with Gasteiger partial charge in [0.05, 0.1) is 37.1 Å². The number of halogens is 3. The lowest BCUT2D eigenvalue weighted by atomic mass is 9.98. The topological polar surface area (TPSA) is 109 Å². The SMILES string of the molecule is CCOC(=O)N1CCN(c2ccc(Nc3ncc(C(F)(F)F)c(CCc4cccc5c4CC(=O)N5)n3)c(OC)c2)CC1. The number of nitrogens with zero attached hydrogens (tertiary/aromatic N) is 4. The molecule has 3 aromatic rings. The standard InChI is InChI=1S/C29H31F3N6O4/c1-3-42-28(40)38-13-11-37(12-14-38)19-8-10-24(25(15-19)41-2)36-27-33-17-21(29(30,31)32)23(35-27)9-7-18-5-4-6-22-20(18)16-26(39)34-22/h4-6,8,10,15,17H,3,7,9,11-14,16H2,1-2H3,(H,34,39)(H,33,35,36). The highest BCUT2D eigenvalue weighted by Gasteiger charge is 2.35. The summed E-state index contributed by atoms with van der Waals surface area (Å²) in [5.74, 6) is 0.325. The van der Waals surface area contributed by atoms with Crippen LogP contribution < -0.4 is 20.3 Å². The van der Waals surface area contributed by atoms with Gasteiger partial charge in [-0.05, 0) is 49.1 Å². The maximum Gasteiger partial charge on any atom is 0.419 e. The van der Waals surface area contributed by atoms with Crippen molar-refractivity contribution in [2.75, 3.05) is 55.4 Å². The molecule has 0 aliphatic carbocycles. The molecule has 2 N–H and O–H groups in total. The van der Waals surface area contributed by atoms with Crippen molar-refractivity contribution in [1.82, 2.24) is 14.9 Å². The van der Waals surface area contributed by atoms with Crippen LogP contribution in [-0.2, 0) is 35.0 Å². The van der Waals surface area contributed by atoms with Crippen molar-refractivity contribution in [2.45, 2.75) is 32.4 Å². The lowest BCUT2D eigenvalue weighted by Crippen LogP contribution is -2.49. The third kappa shape index (κ3) is 6.34. The van der Waals surface area contributed by atoms with Gasteiger partial charge in [-0.25, -0.2) is 14.8 Å². The number of carbonyl (C=O) groups is 2. The number of hydrogen-bond acceptors (Lipinski definition) is 8. The second kappa shape index (κ2) is 12.1. The van der Waals surface area contributed by atoms with E-state index >= 15 is 0 Å². The zero-order valence-electron chi connectivity index (χ0n) is 23.3. The molecule has 0 spiro atoms. The van der Waals surface area contributed by atoms with Crippen LogP contribution in [0.1, 0.15) is 29.3 Å². The lowest BCUT2D eigenvalue weighted by Gasteiger charge is -2.35. The molecule has 1 aromatic heterocycles. The van der Waals surface area contributed by atoms with E-state index in [2.05, 4.69) is 25.5 Å². The predicted molar refractivity (Wildman–Crippen MR) is 150 cm³/mol. The Bertz CT molecular complexity index is 1470. The van der Waals surface area contributed by atoms with Crippen LogP contribution in [0.5, 0.6) is 5.75 Å². The first kappa shape index (κ1) is 29.0. The largest absolute Gasteiger partial charge is 0.494 e. The monoisotopic (exact) mass is 584 g/mol. The Morgan fingerprint density at radius 1 is 1.12 bits per heavy atom. The van der Waals surface area contributed by atoms with Crippen molar-refractivity contribution < 1.29 is 32.2 Å². The Balaban J connectivity index is 1.32. The molecule has 5 rings (SSSR count). The van der Waals surface area contributed by atoms with Crippen LogP contribution in [0, 0.1) is 0 Å². The summed E-state index contributed by atoms with van der Waals surface area (Å²) in [5.41, 5.74) is 2.60. The Labute approximate surface area is 240 Å². The van der Waals surface area contributed by atoms with Gasteiger partial charge in [0.15, 0.2) is 0 Å². The van der Waals surface area contributed by atoms with E-state index in [1.54, 1.807) is 30.0 Å². The van der Waals surface area contributed by atoms with Crippen LogP contribution in [-0.4, -0.2) is 66.8 Å². The maximum atomic E-state index is 13.8. The molecule has 3 heterocycles. The molecule has 1 saturated heterocycles. The number of aromatic nitrogens is 2. The molecule has 42 heavy (non-hydrogen) atoms. The van der Waals surface area contributed by atoms with Crippen molar-refractivity contribution in [1.29, 1.82) is 0 Å². The zero-order chi connectivity index (χ0) is 29.9. The van der Waals surface area contributed by atoms with Crippen molar-refractivity contribution in [3.63, 3.8) is 0 Å². The van der Waals surface area contributed by atoms with Crippen molar-refractivity contribution in [3.05, 3.63) is 65.0 Å². The van der Waals surface area contributed by atoms with E-state index < -0.39 is 11.7 Å². The quantitative estimate of drug-likeness (QED) is 0.389. The number of carbonyl (C=O) groups excluding carboxylic acids is 2. The van der Waals surface area contributed by atoms with Gasteiger partial charge in [0.25, 0.3) is 0 Å². The van der Waals surface area contributed by atoms with Crippen LogP contribution in [0.4, 0.5) is 41.0 Å². The van der Waals surface area contributed by atoms with Gasteiger partial charge in [0.1, 0.15) is 5.75 Å². The molecule has 0 radical (unpaired) electrons. The summed E-state index contributed by atoms with van der Waals surface area (Å²) in [7, 11) is 1.50. The molecule has 0 bridgehead atoms. The fourth-order valence-electron chi connectivity index (χ4n) is 5.17. The van der Waals surface area contributed by atoms with E-state index in [0.717, 1.165) is 23.0 Å². The first-order valence-corrected chi connectivity index (χ1v) is 13.6. The summed E-state index contributed by atoms with van der Waals surface area (Å²) in [5, 5.41) is 5.76. The number of piperazine rings is 1. The summed E-state index contributed by atoms with van der Waals surface area (Å²) in [6.07, 6.45) is -3.69. The van der Waals surface area contributed by atoms with Gasteiger partial charge in [-0.1, -0.05) is 12.1 Å². The van der Waals surface area contributed by atoms with E-state index in [0.29, 0.717) is 49.9 Å². The second-order valence-electron chi connectivity index (χ2n) is 9.90. The van der Waals surface area contributed by atoms with Crippen molar-refractivity contribution in [2.24, 2.45) is 0 Å². The highest BCUT2D eigenvalue weighted by molar-refractivity contribution is 5.99. The molecule has 2 aliphatic rings. The Kier molecular flexibility index (Phi) is 8.36. The molecular weight excluding hydrogens is 553 g/mol. The number of methoxy groups -OCH3 is 1. The van der Waals surface area contributed by atoms with E-state index in [9.17, 15) is 22.8 Å². The average Bonchev–Trinajstić information content (AvgIpc) is 3.37. The normalized spacial score (nSPS) is 14.8.